The van der Waals surface area contributed by atoms with Gasteiger partial charge in [-0.3, -0.25) is 0 Å². The van der Waals surface area contributed by atoms with Gasteiger partial charge in [0.05, 0.1) is 12.4 Å². The van der Waals surface area contributed by atoms with Crippen LogP contribution in [0.1, 0.15) is 44.6 Å². The Labute approximate surface area is 128 Å². The molecular weight excluding hydrogens is 286 g/mol. The lowest BCUT2D eigenvalue weighted by atomic mass is 9.94. The van der Waals surface area contributed by atoms with Gasteiger partial charge < -0.3 is 4.74 Å². The number of ether oxygens (including phenoxy) is 1. The molecule has 0 unspecified atom stereocenters. The number of nitrogens with zero attached hydrogens (tertiary/aromatic N) is 1. The molecule has 1 aliphatic rings. The molecule has 1 aliphatic heterocycles. The fourth-order valence-corrected chi connectivity index (χ4v) is 4.15. The first-order valence-corrected chi connectivity index (χ1v) is 9.08. The highest BCUT2D eigenvalue weighted by molar-refractivity contribution is 7.89. The van der Waals surface area contributed by atoms with Crippen molar-refractivity contribution in [2.24, 2.45) is 0 Å². The van der Waals surface area contributed by atoms with Crippen molar-refractivity contribution in [3.8, 4) is 5.75 Å². The van der Waals surface area contributed by atoms with Crippen molar-refractivity contribution in [1.82, 2.24) is 4.31 Å². The summed E-state index contributed by atoms with van der Waals surface area (Å²) in [6, 6.07) is 7.99. The minimum Gasteiger partial charge on any atom is -0.497 e. The molecule has 0 aromatic heterocycles. The van der Waals surface area contributed by atoms with E-state index in [4.69, 9.17) is 4.74 Å². The van der Waals surface area contributed by atoms with Crippen molar-refractivity contribution in [3.63, 3.8) is 0 Å². The highest BCUT2D eigenvalue weighted by atomic mass is 32.2. The van der Waals surface area contributed by atoms with Crippen molar-refractivity contribution in [2.45, 2.75) is 44.3 Å². The lowest BCUT2D eigenvalue weighted by molar-refractivity contribution is 0.400. The topological polar surface area (TPSA) is 46.6 Å². The molecule has 1 aromatic carbocycles. The number of hydrogen-bond donors (Lipinski definition) is 0. The summed E-state index contributed by atoms with van der Waals surface area (Å²) in [7, 11) is -1.52. The van der Waals surface area contributed by atoms with Crippen LogP contribution in [0.25, 0.3) is 0 Å². The van der Waals surface area contributed by atoms with Crippen LogP contribution in [0.3, 0.4) is 0 Å². The van der Waals surface area contributed by atoms with Crippen LogP contribution in [0.4, 0.5) is 0 Å². The van der Waals surface area contributed by atoms with Gasteiger partial charge in [0.2, 0.25) is 10.0 Å². The Morgan fingerprint density at radius 2 is 1.86 bits per heavy atom. The number of hydrogen-bond acceptors (Lipinski definition) is 3. The van der Waals surface area contributed by atoms with Crippen LogP contribution in [-0.2, 0) is 10.0 Å². The maximum atomic E-state index is 12.4. The quantitative estimate of drug-likeness (QED) is 0.859. The molecule has 1 heterocycles. The summed E-state index contributed by atoms with van der Waals surface area (Å²) in [5.41, 5.74) is 1.20. The van der Waals surface area contributed by atoms with E-state index >= 15 is 0 Å². The largest absolute Gasteiger partial charge is 0.497 e. The monoisotopic (exact) mass is 311 g/mol. The van der Waals surface area contributed by atoms with E-state index < -0.39 is 10.0 Å². The van der Waals surface area contributed by atoms with Crippen molar-refractivity contribution in [3.05, 3.63) is 29.8 Å². The van der Waals surface area contributed by atoms with Crippen LogP contribution in [-0.4, -0.2) is 38.2 Å². The predicted molar refractivity (Wildman–Crippen MR) is 85.2 cm³/mol. The molecule has 0 spiro atoms. The van der Waals surface area contributed by atoms with Crippen molar-refractivity contribution < 1.29 is 13.2 Å². The first-order chi connectivity index (χ1) is 9.95. The maximum absolute atomic E-state index is 12.4. The molecule has 0 radical (unpaired) electrons. The molecule has 0 N–H and O–H groups in total. The Morgan fingerprint density at radius 1 is 1.19 bits per heavy atom. The van der Waals surface area contributed by atoms with Gasteiger partial charge in [0, 0.05) is 13.1 Å². The summed E-state index contributed by atoms with van der Waals surface area (Å²) in [6.45, 7) is 4.74. The van der Waals surface area contributed by atoms with Crippen LogP contribution in [0, 0.1) is 0 Å². The van der Waals surface area contributed by atoms with E-state index in [1.165, 1.54) is 5.56 Å². The molecule has 4 nitrogen and oxygen atoms in total. The minimum absolute atomic E-state index is 0.270. The molecular formula is C16H25NO3S. The zero-order valence-corrected chi connectivity index (χ0v) is 13.9. The molecule has 0 amide bonds. The molecule has 1 fully saturated rings. The summed E-state index contributed by atoms with van der Waals surface area (Å²) < 4.78 is 31.7. The highest BCUT2D eigenvalue weighted by Crippen LogP contribution is 2.29. The van der Waals surface area contributed by atoms with Crippen LogP contribution in [0.5, 0.6) is 5.75 Å². The number of sulfonamides is 1. The number of rotatable bonds is 4. The predicted octanol–water partition coefficient (Wildman–Crippen LogP) is 3.00. The average molecular weight is 311 g/mol. The molecule has 1 atom stereocenters. The van der Waals surface area contributed by atoms with Crippen LogP contribution in [0.2, 0.25) is 0 Å². The van der Waals surface area contributed by atoms with Gasteiger partial charge in [0.15, 0.2) is 0 Å². The fourth-order valence-electron chi connectivity index (χ4n) is 2.78. The summed E-state index contributed by atoms with van der Waals surface area (Å²) in [4.78, 5) is 0. The minimum atomic E-state index is -3.17. The molecule has 0 bridgehead atoms. The van der Waals surface area contributed by atoms with Gasteiger partial charge >= 0.3 is 0 Å². The Balaban J connectivity index is 2.19. The van der Waals surface area contributed by atoms with E-state index in [-0.39, 0.29) is 11.2 Å². The van der Waals surface area contributed by atoms with E-state index in [0.29, 0.717) is 13.1 Å². The number of methoxy groups -OCH3 is 1. The molecule has 0 aliphatic carbocycles. The maximum Gasteiger partial charge on any atom is 0.216 e. The Hall–Kier alpha value is -1.07. The van der Waals surface area contributed by atoms with Crippen LogP contribution >= 0.6 is 0 Å². The SMILES string of the molecule is COc1ccc([C@@H]2CCCCN(S(=O)(=O)C(C)C)C2)cc1. The summed E-state index contributed by atoms with van der Waals surface area (Å²) >= 11 is 0. The van der Waals surface area contributed by atoms with Gasteiger partial charge in [0.25, 0.3) is 0 Å². The van der Waals surface area contributed by atoms with Crippen LogP contribution < -0.4 is 4.74 Å². The lowest BCUT2D eigenvalue weighted by Gasteiger charge is -2.26. The van der Waals surface area contributed by atoms with E-state index in [9.17, 15) is 8.42 Å². The lowest BCUT2D eigenvalue weighted by Crippen LogP contribution is -2.38. The normalized spacial score (nSPS) is 21.2. The first kappa shape index (κ1) is 16.3. The highest BCUT2D eigenvalue weighted by Gasteiger charge is 2.30. The van der Waals surface area contributed by atoms with E-state index in [1.807, 2.05) is 12.1 Å². The zero-order chi connectivity index (χ0) is 15.5. The third kappa shape index (κ3) is 3.77. The van der Waals surface area contributed by atoms with Crippen LogP contribution in [0.15, 0.2) is 24.3 Å². The third-order valence-corrected chi connectivity index (χ3v) is 6.42. The average Bonchev–Trinajstić information content (AvgIpc) is 2.73. The molecule has 1 saturated heterocycles. The smallest absolute Gasteiger partial charge is 0.216 e. The van der Waals surface area contributed by atoms with Crippen molar-refractivity contribution >= 4 is 10.0 Å². The zero-order valence-electron chi connectivity index (χ0n) is 13.1. The Morgan fingerprint density at radius 3 is 2.43 bits per heavy atom. The summed E-state index contributed by atoms with van der Waals surface area (Å²) in [6.07, 6.45) is 3.05. The fraction of sp³-hybridized carbons (Fsp3) is 0.625. The number of benzene rings is 1. The van der Waals surface area contributed by atoms with E-state index in [2.05, 4.69) is 12.1 Å². The molecule has 5 heteroatoms. The van der Waals surface area contributed by atoms with Gasteiger partial charge in [-0.05, 0) is 50.3 Å². The second kappa shape index (κ2) is 6.79. The van der Waals surface area contributed by atoms with E-state index in [1.54, 1.807) is 25.3 Å². The third-order valence-electron chi connectivity index (χ3n) is 4.18. The molecule has 0 saturated carbocycles. The second-order valence-corrected chi connectivity index (χ2v) is 8.41. The van der Waals surface area contributed by atoms with Gasteiger partial charge in [-0.15, -0.1) is 0 Å². The van der Waals surface area contributed by atoms with Crippen molar-refractivity contribution in [2.75, 3.05) is 20.2 Å². The second-order valence-electron chi connectivity index (χ2n) is 5.92. The molecule has 2 rings (SSSR count). The summed E-state index contributed by atoms with van der Waals surface area (Å²) in [5, 5.41) is -0.355. The Kier molecular flexibility index (Phi) is 5.27. The van der Waals surface area contributed by atoms with Gasteiger partial charge in [0.1, 0.15) is 5.75 Å². The van der Waals surface area contributed by atoms with E-state index in [0.717, 1.165) is 25.0 Å². The molecule has 21 heavy (non-hydrogen) atoms. The summed E-state index contributed by atoms with van der Waals surface area (Å²) in [5.74, 6) is 1.10. The first-order valence-electron chi connectivity index (χ1n) is 7.58. The Bertz CT molecular complexity index is 551. The van der Waals surface area contributed by atoms with Gasteiger partial charge in [-0.25, -0.2) is 12.7 Å². The van der Waals surface area contributed by atoms with Crippen molar-refractivity contribution in [1.29, 1.82) is 0 Å². The van der Waals surface area contributed by atoms with Gasteiger partial charge in [-0.2, -0.15) is 0 Å². The standard InChI is InChI=1S/C16H25NO3S/c1-13(2)21(18,19)17-11-5-4-6-15(12-17)14-7-9-16(20-3)10-8-14/h7-10,13,15H,4-6,11-12H2,1-3H3/t15-/m1/s1. The molecule has 1 aromatic rings. The molecule has 118 valence electrons. The van der Waals surface area contributed by atoms with Gasteiger partial charge in [-0.1, -0.05) is 18.6 Å².